The molecule has 132 valence electrons. The van der Waals surface area contributed by atoms with Crippen molar-refractivity contribution >= 4 is 23.4 Å². The average Bonchev–Trinajstić information content (AvgIpc) is 2.60. The molecule has 0 radical (unpaired) electrons. The normalized spacial score (nSPS) is 13.3. The zero-order chi connectivity index (χ0) is 18.4. The second kappa shape index (κ2) is 8.67. The van der Waals surface area contributed by atoms with Crippen LogP contribution in [0.25, 0.3) is 0 Å². The van der Waals surface area contributed by atoms with E-state index in [1.807, 2.05) is 37.3 Å². The van der Waals surface area contributed by atoms with Gasteiger partial charge in [0.05, 0.1) is 16.2 Å². The molecule has 2 aromatic rings. The highest BCUT2D eigenvalue weighted by molar-refractivity contribution is 8.00. The summed E-state index contributed by atoms with van der Waals surface area (Å²) in [6.45, 7) is 5.99. The van der Waals surface area contributed by atoms with Crippen molar-refractivity contribution in [2.24, 2.45) is 5.92 Å². The van der Waals surface area contributed by atoms with Gasteiger partial charge in [0, 0.05) is 17.0 Å². The first-order chi connectivity index (χ1) is 11.9. The first-order valence-corrected chi connectivity index (χ1v) is 9.03. The Morgan fingerprint density at radius 2 is 1.64 bits per heavy atom. The van der Waals surface area contributed by atoms with E-state index < -0.39 is 4.92 Å². The van der Waals surface area contributed by atoms with E-state index in [1.54, 1.807) is 12.1 Å². The number of amides is 1. The number of nitro groups is 1. The Hall–Kier alpha value is -2.34. The maximum absolute atomic E-state index is 12.6. The zero-order valence-electron chi connectivity index (χ0n) is 14.5. The molecule has 0 aliphatic carbocycles. The topological polar surface area (TPSA) is 72.2 Å². The van der Waals surface area contributed by atoms with E-state index in [9.17, 15) is 14.9 Å². The zero-order valence-corrected chi connectivity index (χ0v) is 15.3. The van der Waals surface area contributed by atoms with Crippen LogP contribution in [-0.4, -0.2) is 16.1 Å². The summed E-state index contributed by atoms with van der Waals surface area (Å²) in [4.78, 5) is 23.7. The number of nitrogens with zero attached hydrogens (tertiary/aromatic N) is 1. The van der Waals surface area contributed by atoms with Crippen LogP contribution in [0.3, 0.4) is 0 Å². The summed E-state index contributed by atoms with van der Waals surface area (Å²) >= 11 is 1.39. The molecule has 0 fully saturated rings. The Bertz CT molecular complexity index is 717. The minimum Gasteiger partial charge on any atom is -0.348 e. The SMILES string of the molecule is CC(Sc1ccc([N+](=O)[O-])cc1)C(=O)NC(c1ccccc1)C(C)C. The molecule has 2 aromatic carbocycles. The molecule has 0 aliphatic rings. The number of hydrogen-bond acceptors (Lipinski definition) is 4. The van der Waals surface area contributed by atoms with E-state index in [-0.39, 0.29) is 28.8 Å². The molecule has 0 aliphatic heterocycles. The molecule has 6 heteroatoms. The van der Waals surface area contributed by atoms with Gasteiger partial charge in [0.1, 0.15) is 0 Å². The predicted molar refractivity (Wildman–Crippen MR) is 101 cm³/mol. The van der Waals surface area contributed by atoms with Crippen LogP contribution in [0.4, 0.5) is 5.69 Å². The number of nitro benzene ring substituents is 1. The molecule has 2 atom stereocenters. The third kappa shape index (κ3) is 5.32. The van der Waals surface area contributed by atoms with Crippen LogP contribution in [0.1, 0.15) is 32.4 Å². The van der Waals surface area contributed by atoms with E-state index in [2.05, 4.69) is 19.2 Å². The molecular formula is C19H22N2O3S. The molecule has 1 N–H and O–H groups in total. The lowest BCUT2D eigenvalue weighted by molar-refractivity contribution is -0.384. The molecule has 5 nitrogen and oxygen atoms in total. The lowest BCUT2D eigenvalue weighted by Gasteiger charge is -2.24. The molecule has 0 heterocycles. The lowest BCUT2D eigenvalue weighted by Crippen LogP contribution is -2.36. The Morgan fingerprint density at radius 1 is 1.04 bits per heavy atom. The van der Waals surface area contributed by atoms with E-state index in [1.165, 1.54) is 23.9 Å². The molecule has 0 saturated carbocycles. The standard InChI is InChI=1S/C19H22N2O3S/c1-13(2)18(15-7-5-4-6-8-15)20-19(22)14(3)25-17-11-9-16(10-12-17)21(23)24/h4-14,18H,1-3H3,(H,20,22). The van der Waals surface area contributed by atoms with E-state index in [0.29, 0.717) is 0 Å². The first kappa shape index (κ1) is 19.0. The highest BCUT2D eigenvalue weighted by Crippen LogP contribution is 2.27. The first-order valence-electron chi connectivity index (χ1n) is 8.15. The number of carbonyl (C=O) groups is 1. The Labute approximate surface area is 152 Å². The summed E-state index contributed by atoms with van der Waals surface area (Å²) < 4.78 is 0. The van der Waals surface area contributed by atoms with Gasteiger partial charge in [0.25, 0.3) is 5.69 Å². The number of thioether (sulfide) groups is 1. The van der Waals surface area contributed by atoms with Gasteiger partial charge in [-0.05, 0) is 30.5 Å². The van der Waals surface area contributed by atoms with Crippen LogP contribution in [0.5, 0.6) is 0 Å². The maximum atomic E-state index is 12.6. The van der Waals surface area contributed by atoms with Crippen molar-refractivity contribution in [3.63, 3.8) is 0 Å². The highest BCUT2D eigenvalue weighted by atomic mass is 32.2. The number of benzene rings is 2. The van der Waals surface area contributed by atoms with Gasteiger partial charge in [-0.3, -0.25) is 14.9 Å². The van der Waals surface area contributed by atoms with Gasteiger partial charge in [-0.25, -0.2) is 0 Å². The molecule has 25 heavy (non-hydrogen) atoms. The summed E-state index contributed by atoms with van der Waals surface area (Å²) in [5.41, 5.74) is 1.13. The number of non-ortho nitro benzene ring substituents is 1. The third-order valence-electron chi connectivity index (χ3n) is 3.85. The van der Waals surface area contributed by atoms with Crippen LogP contribution in [-0.2, 0) is 4.79 Å². The minimum absolute atomic E-state index is 0.0467. The lowest BCUT2D eigenvalue weighted by atomic mass is 9.96. The van der Waals surface area contributed by atoms with Crippen molar-refractivity contribution in [2.75, 3.05) is 0 Å². The molecular weight excluding hydrogens is 336 g/mol. The van der Waals surface area contributed by atoms with E-state index in [0.717, 1.165) is 10.5 Å². The maximum Gasteiger partial charge on any atom is 0.269 e. The fraction of sp³-hybridized carbons (Fsp3) is 0.316. The quantitative estimate of drug-likeness (QED) is 0.446. The number of carbonyl (C=O) groups excluding carboxylic acids is 1. The molecule has 2 unspecified atom stereocenters. The monoisotopic (exact) mass is 358 g/mol. The Kier molecular flexibility index (Phi) is 6.58. The number of nitrogens with one attached hydrogen (secondary N) is 1. The van der Waals surface area contributed by atoms with Crippen LogP contribution in [0, 0.1) is 16.0 Å². The largest absolute Gasteiger partial charge is 0.348 e. The van der Waals surface area contributed by atoms with Crippen molar-refractivity contribution in [3.8, 4) is 0 Å². The molecule has 0 bridgehead atoms. The molecule has 0 aromatic heterocycles. The number of rotatable bonds is 7. The summed E-state index contributed by atoms with van der Waals surface area (Å²) in [5, 5.41) is 13.5. The van der Waals surface area contributed by atoms with Crippen LogP contribution < -0.4 is 5.32 Å². The second-order valence-electron chi connectivity index (χ2n) is 6.15. The van der Waals surface area contributed by atoms with Crippen LogP contribution in [0.2, 0.25) is 0 Å². The van der Waals surface area contributed by atoms with Crippen molar-refractivity contribution in [1.82, 2.24) is 5.32 Å². The van der Waals surface area contributed by atoms with E-state index in [4.69, 9.17) is 0 Å². The molecule has 0 spiro atoms. The van der Waals surface area contributed by atoms with Crippen molar-refractivity contribution in [2.45, 2.75) is 37.0 Å². The van der Waals surface area contributed by atoms with Gasteiger partial charge in [0.15, 0.2) is 0 Å². The van der Waals surface area contributed by atoms with E-state index >= 15 is 0 Å². The predicted octanol–water partition coefficient (Wildman–Crippen LogP) is 4.59. The van der Waals surface area contributed by atoms with Gasteiger partial charge in [-0.15, -0.1) is 11.8 Å². The van der Waals surface area contributed by atoms with Gasteiger partial charge < -0.3 is 5.32 Å². The van der Waals surface area contributed by atoms with Crippen molar-refractivity contribution in [3.05, 3.63) is 70.3 Å². The van der Waals surface area contributed by atoms with Gasteiger partial charge in [-0.1, -0.05) is 44.2 Å². The fourth-order valence-electron chi connectivity index (χ4n) is 2.47. The van der Waals surface area contributed by atoms with Crippen molar-refractivity contribution in [1.29, 1.82) is 0 Å². The molecule has 2 rings (SSSR count). The summed E-state index contributed by atoms with van der Waals surface area (Å²) in [5.74, 6) is 0.217. The third-order valence-corrected chi connectivity index (χ3v) is 4.96. The fourth-order valence-corrected chi connectivity index (χ4v) is 3.35. The second-order valence-corrected chi connectivity index (χ2v) is 7.57. The van der Waals surface area contributed by atoms with Gasteiger partial charge in [-0.2, -0.15) is 0 Å². The smallest absolute Gasteiger partial charge is 0.269 e. The van der Waals surface area contributed by atoms with Crippen molar-refractivity contribution < 1.29 is 9.72 Å². The minimum atomic E-state index is -0.433. The van der Waals surface area contributed by atoms with Crippen LogP contribution >= 0.6 is 11.8 Å². The summed E-state index contributed by atoms with van der Waals surface area (Å²) in [6, 6.07) is 16.1. The summed E-state index contributed by atoms with van der Waals surface area (Å²) in [7, 11) is 0. The summed E-state index contributed by atoms with van der Waals surface area (Å²) in [6.07, 6.45) is 0. The van der Waals surface area contributed by atoms with Gasteiger partial charge in [0.2, 0.25) is 5.91 Å². The van der Waals surface area contributed by atoms with Crippen LogP contribution in [0.15, 0.2) is 59.5 Å². The Balaban J connectivity index is 2.02. The highest BCUT2D eigenvalue weighted by Gasteiger charge is 2.22. The van der Waals surface area contributed by atoms with Gasteiger partial charge >= 0.3 is 0 Å². The Morgan fingerprint density at radius 3 is 2.16 bits per heavy atom. The molecule has 1 amide bonds. The average molecular weight is 358 g/mol. The molecule has 0 saturated heterocycles. The number of hydrogen-bond donors (Lipinski definition) is 1.